The molecule has 3 amide bonds. The zero-order valence-corrected chi connectivity index (χ0v) is 15.4. The van der Waals surface area contributed by atoms with Crippen molar-refractivity contribution in [2.24, 2.45) is 0 Å². The standard InChI is InChI=1S/C20H22ClN3O2/c1-14(16-6-3-7-17(21)12-16)22-20(26)23-18-8-2-5-15(11-18)13-24-10-4-9-19(24)25/h2-3,5-8,11-12,14H,4,9-10,13H2,1H3,(H2,22,23,26)/t14-/m0/s1. The molecule has 0 radical (unpaired) electrons. The number of carbonyl (C=O) groups excluding carboxylic acids is 2. The predicted molar refractivity (Wildman–Crippen MR) is 103 cm³/mol. The van der Waals surface area contributed by atoms with Gasteiger partial charge >= 0.3 is 6.03 Å². The van der Waals surface area contributed by atoms with Crippen molar-refractivity contribution in [3.63, 3.8) is 0 Å². The molecule has 1 atom stereocenters. The molecule has 136 valence electrons. The molecular formula is C20H22ClN3O2. The molecule has 1 heterocycles. The maximum absolute atomic E-state index is 12.3. The van der Waals surface area contributed by atoms with Gasteiger partial charge in [-0.3, -0.25) is 4.79 Å². The predicted octanol–water partition coefficient (Wildman–Crippen LogP) is 4.35. The van der Waals surface area contributed by atoms with Gasteiger partial charge in [0.2, 0.25) is 5.91 Å². The number of rotatable bonds is 5. The quantitative estimate of drug-likeness (QED) is 0.821. The molecule has 1 aliphatic rings. The molecule has 2 N–H and O–H groups in total. The van der Waals surface area contributed by atoms with E-state index in [9.17, 15) is 9.59 Å². The second-order valence-corrected chi connectivity index (χ2v) is 6.93. The number of benzene rings is 2. The summed E-state index contributed by atoms with van der Waals surface area (Å²) in [4.78, 5) is 25.9. The smallest absolute Gasteiger partial charge is 0.319 e. The number of nitrogens with one attached hydrogen (secondary N) is 2. The van der Waals surface area contributed by atoms with Crippen molar-refractivity contribution in [3.8, 4) is 0 Å². The van der Waals surface area contributed by atoms with Gasteiger partial charge in [-0.2, -0.15) is 0 Å². The minimum Gasteiger partial charge on any atom is -0.338 e. The zero-order chi connectivity index (χ0) is 18.5. The Hall–Kier alpha value is -2.53. The van der Waals surface area contributed by atoms with E-state index in [-0.39, 0.29) is 18.0 Å². The first-order valence-electron chi connectivity index (χ1n) is 8.71. The molecule has 6 heteroatoms. The van der Waals surface area contributed by atoms with E-state index >= 15 is 0 Å². The lowest BCUT2D eigenvalue weighted by Crippen LogP contribution is -2.31. The summed E-state index contributed by atoms with van der Waals surface area (Å²) in [5.74, 6) is 0.191. The van der Waals surface area contributed by atoms with Crippen molar-refractivity contribution in [1.29, 1.82) is 0 Å². The molecule has 5 nitrogen and oxygen atoms in total. The summed E-state index contributed by atoms with van der Waals surface area (Å²) in [5.41, 5.74) is 2.64. The molecular weight excluding hydrogens is 350 g/mol. The summed E-state index contributed by atoms with van der Waals surface area (Å²) < 4.78 is 0. The van der Waals surface area contributed by atoms with E-state index in [1.54, 1.807) is 6.07 Å². The first kappa shape index (κ1) is 18.3. The first-order valence-corrected chi connectivity index (χ1v) is 9.09. The average molecular weight is 372 g/mol. The van der Waals surface area contributed by atoms with Gasteiger partial charge in [0.25, 0.3) is 0 Å². The van der Waals surface area contributed by atoms with Crippen LogP contribution in [0.2, 0.25) is 5.02 Å². The molecule has 2 aromatic carbocycles. The maximum Gasteiger partial charge on any atom is 0.319 e. The summed E-state index contributed by atoms with van der Waals surface area (Å²) in [7, 11) is 0. The molecule has 0 unspecified atom stereocenters. The highest BCUT2D eigenvalue weighted by Crippen LogP contribution is 2.19. The largest absolute Gasteiger partial charge is 0.338 e. The van der Waals surface area contributed by atoms with E-state index in [0.29, 0.717) is 23.7 Å². The normalized spacial score (nSPS) is 15.0. The molecule has 0 bridgehead atoms. The summed E-state index contributed by atoms with van der Waals surface area (Å²) in [6, 6.07) is 14.5. The number of halogens is 1. The fourth-order valence-electron chi connectivity index (χ4n) is 3.06. The minimum absolute atomic E-state index is 0.167. The Morgan fingerprint density at radius 1 is 1.23 bits per heavy atom. The molecule has 26 heavy (non-hydrogen) atoms. The van der Waals surface area contributed by atoms with Crippen LogP contribution in [0.15, 0.2) is 48.5 Å². The SMILES string of the molecule is C[C@H](NC(=O)Nc1cccc(CN2CCCC2=O)c1)c1cccc(Cl)c1. The number of hydrogen-bond acceptors (Lipinski definition) is 2. The second kappa shape index (κ2) is 8.23. The fourth-order valence-corrected chi connectivity index (χ4v) is 3.26. The number of nitrogens with zero attached hydrogens (tertiary/aromatic N) is 1. The van der Waals surface area contributed by atoms with E-state index in [0.717, 1.165) is 24.1 Å². The van der Waals surface area contributed by atoms with Crippen molar-refractivity contribution in [3.05, 3.63) is 64.7 Å². The highest BCUT2D eigenvalue weighted by molar-refractivity contribution is 6.30. The van der Waals surface area contributed by atoms with Crippen molar-refractivity contribution in [2.75, 3.05) is 11.9 Å². The van der Waals surface area contributed by atoms with E-state index in [2.05, 4.69) is 10.6 Å². The maximum atomic E-state index is 12.3. The molecule has 0 aromatic heterocycles. The minimum atomic E-state index is -0.285. The average Bonchev–Trinajstić information content (AvgIpc) is 3.00. The number of carbonyl (C=O) groups is 2. The van der Waals surface area contributed by atoms with E-state index in [1.165, 1.54) is 0 Å². The van der Waals surface area contributed by atoms with Gasteiger partial charge in [0.05, 0.1) is 6.04 Å². The van der Waals surface area contributed by atoms with E-state index in [1.807, 2.05) is 54.3 Å². The Morgan fingerprint density at radius 3 is 2.77 bits per heavy atom. The third kappa shape index (κ3) is 4.76. The van der Waals surface area contributed by atoms with Gasteiger partial charge < -0.3 is 15.5 Å². The van der Waals surface area contributed by atoms with E-state index in [4.69, 9.17) is 11.6 Å². The lowest BCUT2D eigenvalue weighted by molar-refractivity contribution is -0.128. The van der Waals surface area contributed by atoms with Gasteiger partial charge in [-0.05, 0) is 48.7 Å². The Morgan fingerprint density at radius 2 is 2.04 bits per heavy atom. The van der Waals surface area contributed by atoms with Crippen LogP contribution in [0.4, 0.5) is 10.5 Å². The summed E-state index contributed by atoms with van der Waals surface area (Å²) in [6.07, 6.45) is 1.54. The summed E-state index contributed by atoms with van der Waals surface area (Å²) in [6.45, 7) is 3.28. The van der Waals surface area contributed by atoms with Crippen LogP contribution in [0.5, 0.6) is 0 Å². The van der Waals surface area contributed by atoms with Gasteiger partial charge in [-0.1, -0.05) is 35.9 Å². The van der Waals surface area contributed by atoms with Crippen molar-refractivity contribution < 1.29 is 9.59 Å². The third-order valence-electron chi connectivity index (χ3n) is 4.43. The Kier molecular flexibility index (Phi) is 5.78. The third-order valence-corrected chi connectivity index (χ3v) is 4.66. The highest BCUT2D eigenvalue weighted by Gasteiger charge is 2.20. The molecule has 1 aliphatic heterocycles. The monoisotopic (exact) mass is 371 g/mol. The molecule has 0 spiro atoms. The summed E-state index contributed by atoms with van der Waals surface area (Å²) in [5, 5.41) is 6.39. The second-order valence-electron chi connectivity index (χ2n) is 6.49. The van der Waals surface area contributed by atoms with Crippen LogP contribution in [0, 0.1) is 0 Å². The van der Waals surface area contributed by atoms with E-state index < -0.39 is 0 Å². The molecule has 3 rings (SSSR count). The molecule has 1 fully saturated rings. The van der Waals surface area contributed by atoms with Crippen LogP contribution in [0.25, 0.3) is 0 Å². The molecule has 2 aromatic rings. The molecule has 0 aliphatic carbocycles. The lowest BCUT2D eigenvalue weighted by Gasteiger charge is -2.17. The van der Waals surface area contributed by atoms with Crippen LogP contribution >= 0.6 is 11.6 Å². The first-order chi connectivity index (χ1) is 12.5. The van der Waals surface area contributed by atoms with Gasteiger partial charge in [0, 0.05) is 30.2 Å². The number of hydrogen-bond donors (Lipinski definition) is 2. The number of urea groups is 1. The van der Waals surface area contributed by atoms with Crippen molar-refractivity contribution in [2.45, 2.75) is 32.4 Å². The van der Waals surface area contributed by atoms with Gasteiger partial charge in [-0.25, -0.2) is 4.79 Å². The fraction of sp³-hybridized carbons (Fsp3) is 0.300. The van der Waals surface area contributed by atoms with Gasteiger partial charge in [-0.15, -0.1) is 0 Å². The number of amides is 3. The number of likely N-dealkylation sites (tertiary alicyclic amines) is 1. The Balaban J connectivity index is 1.58. The molecule has 0 saturated carbocycles. The Bertz CT molecular complexity index is 809. The zero-order valence-electron chi connectivity index (χ0n) is 14.7. The number of anilines is 1. The van der Waals surface area contributed by atoms with Gasteiger partial charge in [0.15, 0.2) is 0 Å². The van der Waals surface area contributed by atoms with Crippen molar-refractivity contribution >= 4 is 29.2 Å². The van der Waals surface area contributed by atoms with Crippen LogP contribution in [0.1, 0.15) is 36.9 Å². The highest BCUT2D eigenvalue weighted by atomic mass is 35.5. The van der Waals surface area contributed by atoms with Crippen LogP contribution in [0.3, 0.4) is 0 Å². The lowest BCUT2D eigenvalue weighted by atomic mass is 10.1. The topological polar surface area (TPSA) is 61.4 Å². The Labute approximate surface area is 158 Å². The molecule has 1 saturated heterocycles. The van der Waals surface area contributed by atoms with Crippen molar-refractivity contribution in [1.82, 2.24) is 10.2 Å². The van der Waals surface area contributed by atoms with Gasteiger partial charge in [0.1, 0.15) is 0 Å². The van der Waals surface area contributed by atoms with Crippen LogP contribution < -0.4 is 10.6 Å². The summed E-state index contributed by atoms with van der Waals surface area (Å²) >= 11 is 6.00. The van der Waals surface area contributed by atoms with Crippen LogP contribution in [-0.2, 0) is 11.3 Å². The van der Waals surface area contributed by atoms with Crippen LogP contribution in [-0.4, -0.2) is 23.4 Å².